The monoisotopic (exact) mass is 266 g/mol. The SMILES string of the molecule is [NH3+][C@@H](CCCC[C@H](C(=O)[O-])P(=O)([O-])[O-])C(=O)[O-]. The topological polar surface area (TPSA) is 171 Å². The fourth-order valence-corrected chi connectivity index (χ4v) is 2.01. The Morgan fingerprint density at radius 2 is 1.53 bits per heavy atom. The van der Waals surface area contributed by atoms with E-state index in [0.29, 0.717) is 0 Å². The van der Waals surface area contributed by atoms with Gasteiger partial charge in [0.25, 0.3) is 0 Å². The number of quaternary nitrogens is 1. The van der Waals surface area contributed by atoms with Crippen LogP contribution in [-0.2, 0) is 14.2 Å². The van der Waals surface area contributed by atoms with Crippen molar-refractivity contribution in [3.63, 3.8) is 0 Å². The van der Waals surface area contributed by atoms with Crippen LogP contribution in [0.1, 0.15) is 25.7 Å². The molecule has 0 fully saturated rings. The van der Waals surface area contributed by atoms with Gasteiger partial charge in [-0.05, 0) is 12.8 Å². The second-order valence-corrected chi connectivity index (χ2v) is 5.38. The minimum Gasteiger partial charge on any atom is -0.810 e. The molecule has 0 rings (SSSR count). The van der Waals surface area contributed by atoms with E-state index in [1.807, 2.05) is 0 Å². The first-order chi connectivity index (χ1) is 7.66. The van der Waals surface area contributed by atoms with Gasteiger partial charge in [-0.25, -0.2) is 0 Å². The highest BCUT2D eigenvalue weighted by Crippen LogP contribution is 2.34. The summed E-state index contributed by atoms with van der Waals surface area (Å²) in [6, 6.07) is -0.942. The third kappa shape index (κ3) is 6.38. The number of hydrogen-bond acceptors (Lipinski definition) is 7. The standard InChI is InChI=1S/C8H16NO7P/c9-5(7(10)11)3-1-2-4-6(8(12)13)17(14,15)16/h5-6H,1-4,9H2,(H,10,11)(H,12,13)(H2,14,15,16)/p-3/t5-,6+/m0/s1. The lowest BCUT2D eigenvalue weighted by molar-refractivity contribution is -0.438. The smallest absolute Gasteiger partial charge is 0.124 e. The molecule has 17 heavy (non-hydrogen) atoms. The number of hydrogen-bond donors (Lipinski definition) is 1. The Bertz CT molecular complexity index is 326. The molecule has 0 spiro atoms. The van der Waals surface area contributed by atoms with Crippen molar-refractivity contribution in [3.05, 3.63) is 0 Å². The summed E-state index contributed by atoms with van der Waals surface area (Å²) in [7, 11) is -5.22. The maximum atomic E-state index is 10.5. The lowest BCUT2D eigenvalue weighted by atomic mass is 10.1. The van der Waals surface area contributed by atoms with Gasteiger partial charge in [0.1, 0.15) is 6.04 Å². The Hall–Kier alpha value is -0.950. The summed E-state index contributed by atoms with van der Waals surface area (Å²) < 4.78 is 10.5. The zero-order valence-electron chi connectivity index (χ0n) is 9.00. The second-order valence-electron chi connectivity index (χ2n) is 3.68. The van der Waals surface area contributed by atoms with Crippen molar-refractivity contribution in [2.75, 3.05) is 0 Å². The normalized spacial score (nSPS) is 15.2. The van der Waals surface area contributed by atoms with Gasteiger partial charge in [-0.3, -0.25) is 0 Å². The van der Waals surface area contributed by atoms with Gasteiger partial charge in [0.2, 0.25) is 0 Å². The molecule has 0 aliphatic rings. The maximum Gasteiger partial charge on any atom is 0.124 e. The van der Waals surface area contributed by atoms with E-state index in [1.165, 1.54) is 0 Å². The molecule has 2 atom stereocenters. The molecule has 0 aliphatic carbocycles. The number of unbranched alkanes of at least 4 members (excludes halogenated alkanes) is 1. The van der Waals surface area contributed by atoms with Crippen molar-refractivity contribution >= 4 is 19.5 Å². The molecule has 0 saturated carbocycles. The predicted molar refractivity (Wildman–Crippen MR) is 46.6 cm³/mol. The quantitative estimate of drug-likeness (QED) is 0.338. The van der Waals surface area contributed by atoms with Gasteiger partial charge >= 0.3 is 0 Å². The summed E-state index contributed by atoms with van der Waals surface area (Å²) in [5.74, 6) is -3.26. The number of carbonyl (C=O) groups is 2. The van der Waals surface area contributed by atoms with Crippen LogP contribution >= 0.6 is 7.60 Å². The van der Waals surface area contributed by atoms with E-state index < -0.39 is 31.2 Å². The van der Waals surface area contributed by atoms with Crippen LogP contribution in [0.2, 0.25) is 0 Å². The molecular weight excluding hydrogens is 253 g/mol. The van der Waals surface area contributed by atoms with Crippen LogP contribution in [0.3, 0.4) is 0 Å². The van der Waals surface area contributed by atoms with E-state index in [1.54, 1.807) is 0 Å². The fraction of sp³-hybridized carbons (Fsp3) is 0.750. The molecule has 0 aliphatic heterocycles. The first kappa shape index (κ1) is 16.1. The minimum atomic E-state index is -5.22. The second kappa shape index (κ2) is 6.70. The van der Waals surface area contributed by atoms with Crippen molar-refractivity contribution in [1.82, 2.24) is 0 Å². The highest BCUT2D eigenvalue weighted by molar-refractivity contribution is 7.50. The molecular formula is C8H13NO7P-3. The van der Waals surface area contributed by atoms with Crippen LogP contribution in [-0.4, -0.2) is 23.6 Å². The third-order valence-corrected chi connectivity index (χ3v) is 3.50. The van der Waals surface area contributed by atoms with Crippen LogP contribution in [0.25, 0.3) is 0 Å². The highest BCUT2D eigenvalue weighted by Gasteiger charge is 2.14. The van der Waals surface area contributed by atoms with E-state index >= 15 is 0 Å². The third-order valence-electron chi connectivity index (χ3n) is 2.27. The molecule has 8 nitrogen and oxygen atoms in total. The molecule has 100 valence electrons. The number of rotatable bonds is 8. The first-order valence-corrected chi connectivity index (χ1v) is 6.54. The number of carbonyl (C=O) groups excluding carboxylic acids is 2. The zero-order chi connectivity index (χ0) is 13.6. The first-order valence-electron chi connectivity index (χ1n) is 4.92. The Morgan fingerprint density at radius 1 is 1.06 bits per heavy atom. The van der Waals surface area contributed by atoms with Gasteiger partial charge < -0.3 is 39.9 Å². The largest absolute Gasteiger partial charge is 0.810 e. The van der Waals surface area contributed by atoms with Crippen LogP contribution in [0.4, 0.5) is 0 Å². The lowest BCUT2D eigenvalue weighted by Gasteiger charge is -2.38. The van der Waals surface area contributed by atoms with E-state index in [2.05, 4.69) is 5.73 Å². The predicted octanol–water partition coefficient (Wildman–Crippen LogP) is -5.06. The molecule has 0 saturated heterocycles. The van der Waals surface area contributed by atoms with Gasteiger partial charge in [-0.1, -0.05) is 14.0 Å². The minimum absolute atomic E-state index is 0.0897. The molecule has 0 aromatic rings. The summed E-state index contributed by atoms with van der Waals surface area (Å²) in [4.78, 5) is 41.7. The molecule has 0 bridgehead atoms. The van der Waals surface area contributed by atoms with Gasteiger partial charge in [0, 0.05) is 18.0 Å². The number of carboxylic acid groups (broad SMARTS) is 2. The van der Waals surface area contributed by atoms with Crippen molar-refractivity contribution in [2.24, 2.45) is 0 Å². The molecule has 9 heteroatoms. The molecule has 3 N–H and O–H groups in total. The van der Waals surface area contributed by atoms with E-state index in [0.717, 1.165) is 0 Å². The van der Waals surface area contributed by atoms with Crippen LogP contribution in [0.5, 0.6) is 0 Å². The van der Waals surface area contributed by atoms with Crippen LogP contribution in [0, 0.1) is 0 Å². The summed E-state index contributed by atoms with van der Waals surface area (Å²) in [6.07, 6.45) is 0.0782. The molecule has 0 heterocycles. The molecule has 0 unspecified atom stereocenters. The molecule has 0 aromatic carbocycles. The fourth-order valence-electron chi connectivity index (χ4n) is 1.25. The molecule has 0 aromatic heterocycles. The van der Waals surface area contributed by atoms with E-state index in [4.69, 9.17) is 0 Å². The van der Waals surface area contributed by atoms with Crippen molar-refractivity contribution in [2.45, 2.75) is 37.4 Å². The Labute approximate surface area is 97.6 Å². The van der Waals surface area contributed by atoms with Crippen molar-refractivity contribution in [3.8, 4) is 0 Å². The summed E-state index contributed by atoms with van der Waals surface area (Å²) >= 11 is 0. The van der Waals surface area contributed by atoms with Gasteiger partial charge in [-0.2, -0.15) is 0 Å². The average molecular weight is 266 g/mol. The Morgan fingerprint density at radius 3 is 1.88 bits per heavy atom. The van der Waals surface area contributed by atoms with Gasteiger partial charge in [0.05, 0.1) is 5.97 Å². The van der Waals surface area contributed by atoms with Crippen molar-refractivity contribution < 1.29 is 39.9 Å². The molecule has 0 radical (unpaired) electrons. The summed E-state index contributed by atoms with van der Waals surface area (Å²) in [5, 5.41) is 20.7. The lowest BCUT2D eigenvalue weighted by Crippen LogP contribution is -2.68. The van der Waals surface area contributed by atoms with Gasteiger partial charge in [-0.15, -0.1) is 0 Å². The van der Waals surface area contributed by atoms with Crippen molar-refractivity contribution in [1.29, 1.82) is 0 Å². The van der Waals surface area contributed by atoms with E-state index in [9.17, 15) is 34.2 Å². The average Bonchev–Trinajstić information content (AvgIpc) is 2.13. The summed E-state index contributed by atoms with van der Waals surface area (Å²) in [5.41, 5.74) is 1.21. The molecule has 0 amide bonds. The summed E-state index contributed by atoms with van der Waals surface area (Å²) in [6.45, 7) is 0. The van der Waals surface area contributed by atoms with Gasteiger partial charge in [0.15, 0.2) is 0 Å². The highest BCUT2D eigenvalue weighted by atomic mass is 31.2. The Kier molecular flexibility index (Phi) is 6.33. The number of aliphatic carboxylic acids is 2. The Balaban J connectivity index is 4.05. The zero-order valence-corrected chi connectivity index (χ0v) is 9.89. The van der Waals surface area contributed by atoms with Crippen LogP contribution < -0.4 is 25.7 Å². The van der Waals surface area contributed by atoms with Crippen LogP contribution in [0.15, 0.2) is 0 Å². The van der Waals surface area contributed by atoms with E-state index in [-0.39, 0.29) is 25.7 Å². The maximum absolute atomic E-state index is 10.5. The number of carboxylic acids is 2.